The molecule has 4 heteroatoms. The number of carbonyl (C=O) groups excluding carboxylic acids is 2. The van der Waals surface area contributed by atoms with Gasteiger partial charge in [0.25, 0.3) is 0 Å². The molecule has 0 heterocycles. The molecular weight excluding hydrogens is 220 g/mol. The Balaban J connectivity index is 2.35. The number of rotatable bonds is 6. The number of benzene rings is 1. The number of ether oxygens (including phenoxy) is 2. The van der Waals surface area contributed by atoms with Crippen LogP contribution in [0.25, 0.3) is 0 Å². The first-order valence-corrected chi connectivity index (χ1v) is 5.16. The molecule has 0 bridgehead atoms. The first-order chi connectivity index (χ1) is 8.13. The van der Waals surface area contributed by atoms with E-state index in [9.17, 15) is 9.59 Å². The lowest BCUT2D eigenvalue weighted by atomic mass is 10.1. The Hall–Kier alpha value is -2.10. The van der Waals surface area contributed by atoms with E-state index in [0.29, 0.717) is 11.3 Å². The third-order valence-corrected chi connectivity index (χ3v) is 2.02. The van der Waals surface area contributed by atoms with Crippen LogP contribution in [0.2, 0.25) is 0 Å². The highest BCUT2D eigenvalue weighted by Gasteiger charge is 2.00. The summed E-state index contributed by atoms with van der Waals surface area (Å²) in [5, 5.41) is 0. The van der Waals surface area contributed by atoms with Crippen molar-refractivity contribution in [1.29, 1.82) is 0 Å². The van der Waals surface area contributed by atoms with Crippen molar-refractivity contribution in [3.63, 3.8) is 0 Å². The summed E-state index contributed by atoms with van der Waals surface area (Å²) < 4.78 is 10.1. The molecule has 0 saturated heterocycles. The Kier molecular flexibility index (Phi) is 4.94. The third-order valence-electron chi connectivity index (χ3n) is 2.02. The Morgan fingerprint density at radius 1 is 1.24 bits per heavy atom. The van der Waals surface area contributed by atoms with Crippen LogP contribution in [0.15, 0.2) is 36.9 Å². The van der Waals surface area contributed by atoms with Crippen LogP contribution in [0.1, 0.15) is 17.3 Å². The quantitative estimate of drug-likeness (QED) is 0.327. The van der Waals surface area contributed by atoms with Gasteiger partial charge in [-0.1, -0.05) is 6.58 Å². The van der Waals surface area contributed by atoms with Crippen LogP contribution < -0.4 is 4.74 Å². The first-order valence-electron chi connectivity index (χ1n) is 5.16. The molecule has 4 nitrogen and oxygen atoms in total. The highest BCUT2D eigenvalue weighted by Crippen LogP contribution is 2.12. The lowest BCUT2D eigenvalue weighted by Crippen LogP contribution is -2.10. The molecule has 0 spiro atoms. The minimum Gasteiger partial charge on any atom is -0.490 e. The van der Waals surface area contributed by atoms with Crippen LogP contribution in [0, 0.1) is 0 Å². The summed E-state index contributed by atoms with van der Waals surface area (Å²) in [6.45, 7) is 5.21. The zero-order valence-corrected chi connectivity index (χ0v) is 9.64. The van der Waals surface area contributed by atoms with E-state index in [0.717, 1.165) is 6.08 Å². The molecule has 0 aliphatic rings. The van der Waals surface area contributed by atoms with Crippen LogP contribution in [0.3, 0.4) is 0 Å². The fourth-order valence-electron chi connectivity index (χ4n) is 1.15. The second kappa shape index (κ2) is 6.48. The maximum absolute atomic E-state index is 11.0. The van der Waals surface area contributed by atoms with E-state index in [1.165, 1.54) is 6.92 Å². The molecule has 0 saturated carbocycles. The summed E-state index contributed by atoms with van der Waals surface area (Å²) in [5.74, 6) is 0.168. The van der Waals surface area contributed by atoms with Gasteiger partial charge in [-0.25, -0.2) is 4.79 Å². The zero-order chi connectivity index (χ0) is 12.7. The van der Waals surface area contributed by atoms with Gasteiger partial charge in [-0.15, -0.1) is 0 Å². The van der Waals surface area contributed by atoms with Crippen molar-refractivity contribution < 1.29 is 19.1 Å². The van der Waals surface area contributed by atoms with Crippen molar-refractivity contribution in [3.8, 4) is 5.75 Å². The summed E-state index contributed by atoms with van der Waals surface area (Å²) in [5.41, 5.74) is 0.635. The van der Waals surface area contributed by atoms with Crippen molar-refractivity contribution in [3.05, 3.63) is 42.5 Å². The summed E-state index contributed by atoms with van der Waals surface area (Å²) in [6, 6.07) is 6.78. The van der Waals surface area contributed by atoms with E-state index >= 15 is 0 Å². The highest BCUT2D eigenvalue weighted by molar-refractivity contribution is 5.94. The molecule has 0 radical (unpaired) electrons. The maximum atomic E-state index is 11.0. The van der Waals surface area contributed by atoms with Crippen LogP contribution in [0.4, 0.5) is 0 Å². The Labute approximate surface area is 99.8 Å². The molecule has 0 unspecified atom stereocenters. The van der Waals surface area contributed by atoms with E-state index in [1.54, 1.807) is 24.3 Å². The molecule has 1 rings (SSSR count). The van der Waals surface area contributed by atoms with Gasteiger partial charge in [-0.3, -0.25) is 4.79 Å². The van der Waals surface area contributed by atoms with Crippen molar-refractivity contribution in [2.24, 2.45) is 0 Å². The Morgan fingerprint density at radius 2 is 1.88 bits per heavy atom. The standard InChI is InChI=1S/C13H14O4/c1-3-13(15)17-9-8-16-12-6-4-11(5-7-12)10(2)14/h3-7H,1,8-9H2,2H3. The fraction of sp³-hybridized carbons (Fsp3) is 0.231. The van der Waals surface area contributed by atoms with Crippen LogP contribution >= 0.6 is 0 Å². The number of esters is 1. The summed E-state index contributed by atoms with van der Waals surface area (Å²) >= 11 is 0. The van der Waals surface area contributed by atoms with Crippen molar-refractivity contribution >= 4 is 11.8 Å². The number of ketones is 1. The normalized spacial score (nSPS) is 9.47. The second-order valence-corrected chi connectivity index (χ2v) is 3.30. The number of hydrogen-bond acceptors (Lipinski definition) is 4. The lowest BCUT2D eigenvalue weighted by Gasteiger charge is -2.06. The van der Waals surface area contributed by atoms with Crippen molar-refractivity contribution in [2.75, 3.05) is 13.2 Å². The van der Waals surface area contributed by atoms with E-state index in [1.807, 2.05) is 0 Å². The topological polar surface area (TPSA) is 52.6 Å². The molecule has 0 atom stereocenters. The molecular formula is C13H14O4. The molecule has 0 fully saturated rings. The van der Waals surface area contributed by atoms with Gasteiger partial charge in [0, 0.05) is 11.6 Å². The minimum atomic E-state index is -0.472. The van der Waals surface area contributed by atoms with Crippen LogP contribution in [-0.4, -0.2) is 25.0 Å². The Bertz CT molecular complexity index is 406. The average Bonchev–Trinajstić information content (AvgIpc) is 2.34. The van der Waals surface area contributed by atoms with E-state index in [-0.39, 0.29) is 19.0 Å². The largest absolute Gasteiger partial charge is 0.490 e. The van der Waals surface area contributed by atoms with Crippen LogP contribution in [0.5, 0.6) is 5.75 Å². The zero-order valence-electron chi connectivity index (χ0n) is 9.64. The molecule has 90 valence electrons. The van der Waals surface area contributed by atoms with Gasteiger partial charge < -0.3 is 9.47 Å². The van der Waals surface area contributed by atoms with Crippen molar-refractivity contribution in [1.82, 2.24) is 0 Å². The Morgan fingerprint density at radius 3 is 2.41 bits per heavy atom. The fourth-order valence-corrected chi connectivity index (χ4v) is 1.15. The smallest absolute Gasteiger partial charge is 0.330 e. The minimum absolute atomic E-state index is 0.0106. The van der Waals surface area contributed by atoms with Gasteiger partial charge in [-0.2, -0.15) is 0 Å². The van der Waals surface area contributed by atoms with Gasteiger partial charge in [0.2, 0.25) is 0 Å². The average molecular weight is 234 g/mol. The second-order valence-electron chi connectivity index (χ2n) is 3.30. The number of carbonyl (C=O) groups is 2. The SMILES string of the molecule is C=CC(=O)OCCOc1ccc(C(C)=O)cc1. The summed E-state index contributed by atoms with van der Waals surface area (Å²) in [6.07, 6.45) is 1.10. The molecule has 1 aromatic carbocycles. The molecule has 0 aliphatic carbocycles. The number of hydrogen-bond donors (Lipinski definition) is 0. The lowest BCUT2D eigenvalue weighted by molar-refractivity contribution is -0.138. The first kappa shape index (κ1) is 13.0. The van der Waals surface area contributed by atoms with Crippen molar-refractivity contribution in [2.45, 2.75) is 6.92 Å². The molecule has 0 N–H and O–H groups in total. The predicted molar refractivity (Wildman–Crippen MR) is 63.1 cm³/mol. The van der Waals surface area contributed by atoms with Gasteiger partial charge in [0.05, 0.1) is 0 Å². The molecule has 0 aromatic heterocycles. The maximum Gasteiger partial charge on any atom is 0.330 e. The summed E-state index contributed by atoms with van der Waals surface area (Å²) in [7, 11) is 0. The van der Waals surface area contributed by atoms with E-state index in [4.69, 9.17) is 9.47 Å². The summed E-state index contributed by atoms with van der Waals surface area (Å²) in [4.78, 5) is 21.7. The highest BCUT2D eigenvalue weighted by atomic mass is 16.6. The number of Topliss-reactive ketones (excluding diaryl/α,β-unsaturated/α-hetero) is 1. The monoisotopic (exact) mass is 234 g/mol. The third kappa shape index (κ3) is 4.51. The van der Waals surface area contributed by atoms with E-state index in [2.05, 4.69) is 6.58 Å². The van der Waals surface area contributed by atoms with Gasteiger partial charge in [0.1, 0.15) is 19.0 Å². The van der Waals surface area contributed by atoms with E-state index < -0.39 is 5.97 Å². The van der Waals surface area contributed by atoms with Gasteiger partial charge in [-0.05, 0) is 31.2 Å². The molecule has 0 aliphatic heterocycles. The van der Waals surface area contributed by atoms with Crippen LogP contribution in [-0.2, 0) is 9.53 Å². The molecule has 17 heavy (non-hydrogen) atoms. The predicted octanol–water partition coefficient (Wildman–Crippen LogP) is 2.00. The van der Waals surface area contributed by atoms with Gasteiger partial charge >= 0.3 is 5.97 Å². The molecule has 0 amide bonds. The van der Waals surface area contributed by atoms with Gasteiger partial charge in [0.15, 0.2) is 5.78 Å². The molecule has 1 aromatic rings.